The molecule has 1 unspecified atom stereocenters. The van der Waals surface area contributed by atoms with E-state index in [4.69, 9.17) is 9.47 Å². The third kappa shape index (κ3) is 4.35. The number of benzene rings is 1. The van der Waals surface area contributed by atoms with E-state index in [1.165, 1.54) is 24.8 Å². The number of rotatable bonds is 5. The number of hydrogen-bond donors (Lipinski definition) is 1. The van der Waals surface area contributed by atoms with Crippen molar-refractivity contribution in [1.82, 2.24) is 10.2 Å². The van der Waals surface area contributed by atoms with Crippen LogP contribution in [-0.2, 0) is 16.0 Å². The number of nitrogens with zero attached hydrogens (tertiary/aromatic N) is 1. The molecule has 1 aliphatic heterocycles. The molecule has 1 aromatic carbocycles. The second-order valence-electron chi connectivity index (χ2n) is 7.17. The smallest absolute Gasteiger partial charge is 0.251 e. The third-order valence-corrected chi connectivity index (χ3v) is 4.73. The van der Waals surface area contributed by atoms with Crippen LogP contribution in [0.1, 0.15) is 48.0 Å². The Morgan fingerprint density at radius 1 is 1.21 bits per heavy atom. The molecule has 24 heavy (non-hydrogen) atoms. The largest absolute Gasteiger partial charge is 0.349 e. The molecule has 5 heteroatoms. The molecular weight excluding hydrogens is 304 g/mol. The first kappa shape index (κ1) is 17.4. The first-order chi connectivity index (χ1) is 11.6. The minimum Gasteiger partial charge on any atom is -0.349 e. The number of nitrogens with one attached hydrogen (secondary N) is 1. The summed E-state index contributed by atoms with van der Waals surface area (Å²) in [5.74, 6) is -0.429. The second kappa shape index (κ2) is 7.64. The van der Waals surface area contributed by atoms with Gasteiger partial charge in [-0.15, -0.1) is 0 Å². The van der Waals surface area contributed by atoms with Crippen LogP contribution < -0.4 is 5.32 Å². The van der Waals surface area contributed by atoms with E-state index in [-0.39, 0.29) is 17.8 Å². The summed E-state index contributed by atoms with van der Waals surface area (Å²) < 4.78 is 12.0. The molecule has 1 atom stereocenters. The Morgan fingerprint density at radius 3 is 2.58 bits per heavy atom. The van der Waals surface area contributed by atoms with Crippen LogP contribution >= 0.6 is 0 Å². The maximum Gasteiger partial charge on any atom is 0.251 e. The van der Waals surface area contributed by atoms with Crippen molar-refractivity contribution in [3.63, 3.8) is 0 Å². The fraction of sp³-hybridized carbons (Fsp3) is 0.632. The van der Waals surface area contributed by atoms with Crippen molar-refractivity contribution < 1.29 is 14.3 Å². The van der Waals surface area contributed by atoms with E-state index < -0.39 is 0 Å². The molecule has 2 fully saturated rings. The zero-order valence-corrected chi connectivity index (χ0v) is 14.7. The Hall–Kier alpha value is -1.43. The lowest BCUT2D eigenvalue weighted by Gasteiger charge is -2.31. The molecule has 1 aromatic rings. The van der Waals surface area contributed by atoms with Gasteiger partial charge in [-0.1, -0.05) is 18.6 Å². The summed E-state index contributed by atoms with van der Waals surface area (Å²) in [4.78, 5) is 14.4. The van der Waals surface area contributed by atoms with Crippen LogP contribution in [0, 0.1) is 0 Å². The van der Waals surface area contributed by atoms with E-state index in [0.29, 0.717) is 18.7 Å². The number of hydrogen-bond acceptors (Lipinski definition) is 4. The van der Waals surface area contributed by atoms with Crippen molar-refractivity contribution in [2.75, 3.05) is 27.2 Å². The van der Waals surface area contributed by atoms with Gasteiger partial charge in [0.15, 0.2) is 5.79 Å². The van der Waals surface area contributed by atoms with Crippen molar-refractivity contribution in [2.45, 2.75) is 50.5 Å². The van der Waals surface area contributed by atoms with Gasteiger partial charge in [0.25, 0.3) is 5.91 Å². The first-order valence-corrected chi connectivity index (χ1v) is 8.90. The molecule has 2 aliphatic rings. The summed E-state index contributed by atoms with van der Waals surface area (Å²) in [6.45, 7) is 1.94. The Labute approximate surface area is 144 Å². The van der Waals surface area contributed by atoms with Crippen LogP contribution in [0.2, 0.25) is 0 Å². The molecule has 1 amide bonds. The van der Waals surface area contributed by atoms with E-state index in [2.05, 4.69) is 10.2 Å². The highest BCUT2D eigenvalue weighted by molar-refractivity contribution is 5.94. The highest BCUT2D eigenvalue weighted by Crippen LogP contribution is 2.37. The molecule has 0 aromatic heterocycles. The third-order valence-electron chi connectivity index (χ3n) is 4.73. The van der Waals surface area contributed by atoms with Gasteiger partial charge in [0.2, 0.25) is 0 Å². The Bertz CT molecular complexity index is 550. The summed E-state index contributed by atoms with van der Waals surface area (Å²) >= 11 is 0. The fourth-order valence-electron chi connectivity index (χ4n) is 3.51. The summed E-state index contributed by atoms with van der Waals surface area (Å²) in [5.41, 5.74) is 1.88. The number of carbonyl (C=O) groups is 1. The summed E-state index contributed by atoms with van der Waals surface area (Å²) in [6, 6.07) is 7.76. The topological polar surface area (TPSA) is 50.8 Å². The highest BCUT2D eigenvalue weighted by atomic mass is 16.7. The molecule has 3 rings (SSSR count). The van der Waals surface area contributed by atoms with Crippen molar-refractivity contribution in [3.8, 4) is 0 Å². The number of carbonyl (C=O) groups excluding carboxylic acids is 1. The van der Waals surface area contributed by atoms with Crippen molar-refractivity contribution in [3.05, 3.63) is 35.4 Å². The van der Waals surface area contributed by atoms with Gasteiger partial charge in [-0.2, -0.15) is 0 Å². The summed E-state index contributed by atoms with van der Waals surface area (Å²) in [6.07, 6.45) is 5.51. The standard InChI is InChI=1S/C19H28N2O3/c1-21(2)13-15-6-8-16(9-7-15)18(22)20-12-17-14-23-19(24-17)10-4-3-5-11-19/h6-9,17H,3-5,10-14H2,1-2H3,(H,20,22). The van der Waals surface area contributed by atoms with Gasteiger partial charge in [0.1, 0.15) is 6.10 Å². The van der Waals surface area contributed by atoms with Crippen LogP contribution in [0.4, 0.5) is 0 Å². The lowest BCUT2D eigenvalue weighted by molar-refractivity contribution is -0.186. The van der Waals surface area contributed by atoms with Gasteiger partial charge in [0, 0.05) is 31.5 Å². The molecule has 1 aliphatic carbocycles. The maximum atomic E-state index is 12.3. The fourth-order valence-corrected chi connectivity index (χ4v) is 3.51. The van der Waals surface area contributed by atoms with Crippen molar-refractivity contribution in [1.29, 1.82) is 0 Å². The first-order valence-electron chi connectivity index (χ1n) is 8.90. The number of amides is 1. The van der Waals surface area contributed by atoms with E-state index in [1.54, 1.807) is 0 Å². The maximum absolute atomic E-state index is 12.3. The lowest BCUT2D eigenvalue weighted by atomic mass is 9.94. The van der Waals surface area contributed by atoms with Crippen LogP contribution in [0.3, 0.4) is 0 Å². The second-order valence-corrected chi connectivity index (χ2v) is 7.17. The molecule has 1 saturated carbocycles. The molecule has 1 heterocycles. The lowest BCUT2D eigenvalue weighted by Crippen LogP contribution is -2.37. The molecule has 1 spiro atoms. The monoisotopic (exact) mass is 332 g/mol. The molecule has 132 valence electrons. The van der Waals surface area contributed by atoms with Crippen LogP contribution in [0.5, 0.6) is 0 Å². The molecule has 5 nitrogen and oxygen atoms in total. The highest BCUT2D eigenvalue weighted by Gasteiger charge is 2.42. The molecule has 0 bridgehead atoms. The minimum atomic E-state index is -0.374. The Morgan fingerprint density at radius 2 is 1.92 bits per heavy atom. The molecule has 0 radical (unpaired) electrons. The van der Waals surface area contributed by atoms with Gasteiger partial charge in [-0.25, -0.2) is 0 Å². The quantitative estimate of drug-likeness (QED) is 0.900. The van der Waals surface area contributed by atoms with E-state index in [9.17, 15) is 4.79 Å². The predicted octanol–water partition coefficient (Wildman–Crippen LogP) is 2.55. The van der Waals surface area contributed by atoms with Crippen LogP contribution in [-0.4, -0.2) is 49.9 Å². The SMILES string of the molecule is CN(C)Cc1ccc(C(=O)NCC2COC3(CCCCC3)O2)cc1. The summed E-state index contributed by atoms with van der Waals surface area (Å²) in [5, 5.41) is 2.97. The van der Waals surface area contributed by atoms with E-state index in [0.717, 1.165) is 19.4 Å². The Balaban J connectivity index is 1.47. The van der Waals surface area contributed by atoms with Gasteiger partial charge in [-0.3, -0.25) is 4.79 Å². The van der Waals surface area contributed by atoms with E-state index in [1.807, 2.05) is 38.4 Å². The zero-order chi connectivity index (χ0) is 17.0. The molecule has 1 saturated heterocycles. The van der Waals surface area contributed by atoms with E-state index >= 15 is 0 Å². The van der Waals surface area contributed by atoms with Crippen LogP contribution in [0.25, 0.3) is 0 Å². The van der Waals surface area contributed by atoms with Crippen molar-refractivity contribution in [2.24, 2.45) is 0 Å². The normalized spacial score (nSPS) is 22.9. The van der Waals surface area contributed by atoms with Gasteiger partial charge < -0.3 is 19.7 Å². The Kier molecular flexibility index (Phi) is 5.54. The van der Waals surface area contributed by atoms with Crippen molar-refractivity contribution >= 4 is 5.91 Å². The average Bonchev–Trinajstić information content (AvgIpc) is 2.96. The molecule has 1 N–H and O–H groups in total. The summed E-state index contributed by atoms with van der Waals surface area (Å²) in [7, 11) is 4.06. The minimum absolute atomic E-state index is 0.0416. The molecular formula is C19H28N2O3. The number of ether oxygens (including phenoxy) is 2. The van der Waals surface area contributed by atoms with Gasteiger partial charge in [0.05, 0.1) is 6.61 Å². The van der Waals surface area contributed by atoms with Crippen LogP contribution in [0.15, 0.2) is 24.3 Å². The predicted molar refractivity (Wildman–Crippen MR) is 92.8 cm³/mol. The zero-order valence-electron chi connectivity index (χ0n) is 14.7. The van der Waals surface area contributed by atoms with Gasteiger partial charge in [-0.05, 0) is 44.6 Å². The average molecular weight is 332 g/mol. The van der Waals surface area contributed by atoms with Gasteiger partial charge >= 0.3 is 0 Å².